The van der Waals surface area contributed by atoms with Crippen molar-refractivity contribution >= 4 is 34.7 Å². The fourth-order valence-electron chi connectivity index (χ4n) is 1.74. The predicted molar refractivity (Wildman–Crippen MR) is 61.2 cm³/mol. The van der Waals surface area contributed by atoms with E-state index in [0.29, 0.717) is 5.16 Å². The first kappa shape index (κ1) is 8.67. The molecule has 3 rings (SSSR count). The summed E-state index contributed by atoms with van der Waals surface area (Å²) in [5, 5.41) is 9.37. The van der Waals surface area contributed by atoms with E-state index in [2.05, 4.69) is 32.8 Å². The minimum atomic E-state index is 0.381. The standard InChI is InChI=1S/C10H8N4S/c1-5-3-2-4-6-7(5)11-9-8(6)13-14-10(15)12-9/h2-4H,1H3,(H2,11,12,14,15). The van der Waals surface area contributed by atoms with Gasteiger partial charge in [-0.1, -0.05) is 18.2 Å². The van der Waals surface area contributed by atoms with Gasteiger partial charge in [0.1, 0.15) is 5.52 Å². The lowest BCUT2D eigenvalue weighted by molar-refractivity contribution is 0.883. The largest absolute Gasteiger partial charge is 0.337 e. The number of hydrogen-bond acceptors (Lipinski definition) is 4. The van der Waals surface area contributed by atoms with Gasteiger partial charge in [-0.2, -0.15) is 0 Å². The lowest BCUT2D eigenvalue weighted by Crippen LogP contribution is -1.87. The number of H-pyrrole nitrogens is 1. The Morgan fingerprint density at radius 3 is 3.00 bits per heavy atom. The summed E-state index contributed by atoms with van der Waals surface area (Å²) in [6, 6.07) is 6.06. The minimum Gasteiger partial charge on any atom is -0.337 e. The number of hydrogen-bond donors (Lipinski definition) is 2. The third-order valence-electron chi connectivity index (χ3n) is 2.45. The van der Waals surface area contributed by atoms with E-state index in [9.17, 15) is 0 Å². The summed E-state index contributed by atoms with van der Waals surface area (Å²) < 4.78 is 0. The number of nitrogens with zero attached hydrogens (tertiary/aromatic N) is 3. The molecule has 0 unspecified atom stereocenters. The summed E-state index contributed by atoms with van der Waals surface area (Å²) in [6.45, 7) is 2.05. The maximum atomic E-state index is 4.19. The van der Waals surface area contributed by atoms with Crippen LogP contribution in [0.15, 0.2) is 23.4 Å². The maximum absolute atomic E-state index is 4.19. The highest BCUT2D eigenvalue weighted by molar-refractivity contribution is 7.80. The Hall–Kier alpha value is -1.62. The average Bonchev–Trinajstić information content (AvgIpc) is 2.57. The van der Waals surface area contributed by atoms with Crippen LogP contribution in [-0.2, 0) is 0 Å². The highest BCUT2D eigenvalue weighted by Gasteiger charge is 2.08. The molecule has 0 amide bonds. The zero-order valence-electron chi connectivity index (χ0n) is 8.02. The smallest absolute Gasteiger partial charge is 0.207 e. The van der Waals surface area contributed by atoms with Crippen molar-refractivity contribution in [1.29, 1.82) is 0 Å². The molecule has 0 aliphatic rings. The van der Waals surface area contributed by atoms with Gasteiger partial charge in [-0.15, -0.1) is 22.8 Å². The fraction of sp³-hybridized carbons (Fsp3) is 0.100. The van der Waals surface area contributed by atoms with Crippen LogP contribution in [-0.4, -0.2) is 20.2 Å². The Morgan fingerprint density at radius 2 is 2.13 bits per heavy atom. The Bertz CT molecular complexity index is 659. The molecule has 0 saturated carbocycles. The quantitative estimate of drug-likeness (QED) is 0.566. The van der Waals surface area contributed by atoms with E-state index in [-0.39, 0.29) is 0 Å². The van der Waals surface area contributed by atoms with Crippen LogP contribution in [0.25, 0.3) is 22.1 Å². The molecule has 1 N–H and O–H groups in total. The van der Waals surface area contributed by atoms with E-state index in [1.54, 1.807) is 0 Å². The van der Waals surface area contributed by atoms with Gasteiger partial charge in [0.25, 0.3) is 0 Å². The second-order valence-electron chi connectivity index (χ2n) is 3.43. The Balaban J connectivity index is 2.57. The molecule has 15 heavy (non-hydrogen) atoms. The lowest BCUT2D eigenvalue weighted by atomic mass is 10.1. The number of aromatic nitrogens is 4. The van der Waals surface area contributed by atoms with Crippen LogP contribution in [0.1, 0.15) is 5.56 Å². The van der Waals surface area contributed by atoms with Gasteiger partial charge in [-0.25, -0.2) is 4.98 Å². The number of aryl methyl sites for hydroxylation is 1. The molecule has 74 valence electrons. The molecular weight excluding hydrogens is 208 g/mol. The van der Waals surface area contributed by atoms with Crippen LogP contribution in [0.5, 0.6) is 0 Å². The van der Waals surface area contributed by atoms with Gasteiger partial charge in [0.05, 0.1) is 5.52 Å². The monoisotopic (exact) mass is 216 g/mol. The molecule has 0 saturated heterocycles. The second-order valence-corrected chi connectivity index (χ2v) is 3.83. The molecule has 0 fully saturated rings. The van der Waals surface area contributed by atoms with Crippen molar-refractivity contribution < 1.29 is 0 Å². The molecule has 3 aromatic rings. The number of fused-ring (bicyclic) bond motifs is 3. The highest BCUT2D eigenvalue weighted by Crippen LogP contribution is 2.24. The van der Waals surface area contributed by atoms with Gasteiger partial charge in [0.2, 0.25) is 5.16 Å². The van der Waals surface area contributed by atoms with E-state index in [4.69, 9.17) is 0 Å². The number of nitrogens with one attached hydrogen (secondary N) is 1. The summed E-state index contributed by atoms with van der Waals surface area (Å²) in [4.78, 5) is 7.41. The van der Waals surface area contributed by atoms with Crippen LogP contribution in [0.3, 0.4) is 0 Å². The molecule has 0 radical (unpaired) electrons. The van der Waals surface area contributed by atoms with Gasteiger partial charge < -0.3 is 4.98 Å². The molecule has 2 heterocycles. The van der Waals surface area contributed by atoms with Gasteiger partial charge in [0.15, 0.2) is 5.65 Å². The van der Waals surface area contributed by atoms with Crippen molar-refractivity contribution in [1.82, 2.24) is 20.2 Å². The van der Waals surface area contributed by atoms with Crippen molar-refractivity contribution in [3.05, 3.63) is 23.8 Å². The van der Waals surface area contributed by atoms with E-state index < -0.39 is 0 Å². The predicted octanol–water partition coefficient (Wildman–Crippen LogP) is 2.10. The molecule has 0 atom stereocenters. The topological polar surface area (TPSA) is 54.5 Å². The van der Waals surface area contributed by atoms with Crippen LogP contribution in [0, 0.1) is 6.92 Å². The summed E-state index contributed by atoms with van der Waals surface area (Å²) in [6.07, 6.45) is 0. The zero-order chi connectivity index (χ0) is 10.4. The van der Waals surface area contributed by atoms with Gasteiger partial charge >= 0.3 is 0 Å². The van der Waals surface area contributed by atoms with E-state index >= 15 is 0 Å². The van der Waals surface area contributed by atoms with Crippen LogP contribution in [0.2, 0.25) is 0 Å². The molecule has 2 aromatic heterocycles. The third-order valence-corrected chi connectivity index (χ3v) is 2.64. The summed E-state index contributed by atoms with van der Waals surface area (Å²) in [5.41, 5.74) is 3.77. The van der Waals surface area contributed by atoms with Crippen LogP contribution < -0.4 is 0 Å². The molecule has 4 nitrogen and oxygen atoms in total. The highest BCUT2D eigenvalue weighted by atomic mass is 32.1. The second kappa shape index (κ2) is 2.93. The van der Waals surface area contributed by atoms with Crippen molar-refractivity contribution in [3.8, 4) is 0 Å². The first-order chi connectivity index (χ1) is 7.25. The number of benzene rings is 1. The Kier molecular flexibility index (Phi) is 1.70. The number of para-hydroxylation sites is 1. The molecule has 1 aromatic carbocycles. The van der Waals surface area contributed by atoms with Gasteiger partial charge in [-0.05, 0) is 12.5 Å². The third kappa shape index (κ3) is 1.20. The Morgan fingerprint density at radius 1 is 1.27 bits per heavy atom. The molecule has 0 spiro atoms. The summed E-state index contributed by atoms with van der Waals surface area (Å²) in [5.74, 6) is 0. The average molecular weight is 216 g/mol. The molecule has 0 aliphatic carbocycles. The number of thiol groups is 1. The fourth-order valence-corrected chi connectivity index (χ4v) is 1.88. The molecular formula is C10H8N4S. The molecule has 0 bridgehead atoms. The minimum absolute atomic E-state index is 0.381. The summed E-state index contributed by atoms with van der Waals surface area (Å²) in [7, 11) is 0. The lowest BCUT2D eigenvalue weighted by Gasteiger charge is -1.92. The zero-order valence-corrected chi connectivity index (χ0v) is 8.92. The van der Waals surface area contributed by atoms with Crippen LogP contribution >= 0.6 is 12.6 Å². The van der Waals surface area contributed by atoms with Crippen molar-refractivity contribution in [2.24, 2.45) is 0 Å². The normalized spacial score (nSPS) is 11.3. The molecule has 0 aliphatic heterocycles. The van der Waals surface area contributed by atoms with E-state index in [1.807, 2.05) is 25.1 Å². The van der Waals surface area contributed by atoms with Gasteiger partial charge in [-0.3, -0.25) is 0 Å². The number of rotatable bonds is 0. The number of aromatic amines is 1. The first-order valence-electron chi connectivity index (χ1n) is 4.56. The van der Waals surface area contributed by atoms with E-state index in [1.165, 1.54) is 5.56 Å². The Labute approximate surface area is 91.2 Å². The van der Waals surface area contributed by atoms with Crippen molar-refractivity contribution in [2.45, 2.75) is 12.1 Å². The van der Waals surface area contributed by atoms with E-state index in [0.717, 1.165) is 22.1 Å². The maximum Gasteiger partial charge on any atom is 0.207 e. The summed E-state index contributed by atoms with van der Waals surface area (Å²) >= 11 is 4.06. The van der Waals surface area contributed by atoms with Crippen molar-refractivity contribution in [3.63, 3.8) is 0 Å². The first-order valence-corrected chi connectivity index (χ1v) is 5.01. The van der Waals surface area contributed by atoms with Crippen molar-refractivity contribution in [2.75, 3.05) is 0 Å². The van der Waals surface area contributed by atoms with Gasteiger partial charge in [0, 0.05) is 5.39 Å². The SMILES string of the molecule is Cc1cccc2c1[nH]c1nc(S)nnc12. The van der Waals surface area contributed by atoms with Crippen LogP contribution in [0.4, 0.5) is 0 Å². The molecule has 5 heteroatoms.